The highest BCUT2D eigenvalue weighted by atomic mass is 127. The Morgan fingerprint density at radius 2 is 1.86 bits per heavy atom. The largest absolute Gasteiger partial charge is 0.419 e. The van der Waals surface area contributed by atoms with Gasteiger partial charge in [-0.3, -0.25) is 0 Å². The van der Waals surface area contributed by atoms with Crippen LogP contribution >= 0.6 is 34.2 Å². The summed E-state index contributed by atoms with van der Waals surface area (Å²) in [6.45, 7) is 0. The van der Waals surface area contributed by atoms with E-state index in [4.69, 9.17) is 21.8 Å². The lowest BCUT2D eigenvalue weighted by molar-refractivity contribution is 0.484. The first-order valence-electron chi connectivity index (χ1n) is 6.24. The maximum Gasteiger partial charge on any atom is 0.248 e. The molecule has 0 aliphatic carbocycles. The van der Waals surface area contributed by atoms with E-state index in [-0.39, 0.29) is 0 Å². The minimum absolute atomic E-state index is 0.381. The van der Waals surface area contributed by atoms with Crippen molar-refractivity contribution in [1.82, 2.24) is 10.2 Å². The Morgan fingerprint density at radius 1 is 1.10 bits per heavy atom. The lowest BCUT2D eigenvalue weighted by Crippen LogP contribution is -2.11. The van der Waals surface area contributed by atoms with Gasteiger partial charge in [-0.1, -0.05) is 41.9 Å². The zero-order valence-electron chi connectivity index (χ0n) is 10.8. The van der Waals surface area contributed by atoms with Gasteiger partial charge in [0.2, 0.25) is 11.8 Å². The van der Waals surface area contributed by atoms with Crippen LogP contribution in [0.4, 0.5) is 0 Å². The lowest BCUT2D eigenvalue weighted by atomic mass is 10.1. The predicted molar refractivity (Wildman–Crippen MR) is 89.9 cm³/mol. The van der Waals surface area contributed by atoms with Crippen molar-refractivity contribution in [3.8, 4) is 11.5 Å². The maximum atomic E-state index is 6.15. The molecule has 0 fully saturated rings. The first-order valence-corrected chi connectivity index (χ1v) is 7.70. The molecule has 0 amide bonds. The molecule has 0 saturated heterocycles. The summed E-state index contributed by atoms with van der Waals surface area (Å²) in [6.07, 6.45) is 0. The number of benzene rings is 2. The van der Waals surface area contributed by atoms with Crippen LogP contribution < -0.4 is 5.73 Å². The zero-order chi connectivity index (χ0) is 14.8. The molecule has 2 N–H and O–H groups in total. The first kappa shape index (κ1) is 14.5. The monoisotopic (exact) mass is 411 g/mol. The molecule has 0 saturated carbocycles. The molecular formula is C15H11ClIN3O. The zero-order valence-corrected chi connectivity index (χ0v) is 13.7. The van der Waals surface area contributed by atoms with Crippen molar-refractivity contribution in [2.45, 2.75) is 6.04 Å². The van der Waals surface area contributed by atoms with E-state index in [0.717, 1.165) is 14.7 Å². The quantitative estimate of drug-likeness (QED) is 0.661. The molecule has 2 aromatic carbocycles. The van der Waals surface area contributed by atoms with Crippen molar-refractivity contribution in [1.29, 1.82) is 0 Å². The van der Waals surface area contributed by atoms with Crippen LogP contribution in [-0.4, -0.2) is 10.2 Å². The van der Waals surface area contributed by atoms with Gasteiger partial charge in [0, 0.05) is 8.59 Å². The van der Waals surface area contributed by atoms with Crippen LogP contribution in [0.5, 0.6) is 0 Å². The fourth-order valence-corrected chi connectivity index (χ4v) is 2.67. The van der Waals surface area contributed by atoms with Crippen LogP contribution in [0.25, 0.3) is 11.5 Å². The number of aromatic nitrogens is 2. The Morgan fingerprint density at radius 3 is 2.62 bits per heavy atom. The number of hydrogen-bond acceptors (Lipinski definition) is 4. The van der Waals surface area contributed by atoms with Crippen LogP contribution in [0.1, 0.15) is 17.5 Å². The summed E-state index contributed by atoms with van der Waals surface area (Å²) >= 11 is 8.22. The maximum absolute atomic E-state index is 6.15. The van der Waals surface area contributed by atoms with Gasteiger partial charge < -0.3 is 10.2 Å². The van der Waals surface area contributed by atoms with Crippen molar-refractivity contribution in [3.05, 3.63) is 68.6 Å². The summed E-state index contributed by atoms with van der Waals surface area (Å²) in [7, 11) is 0. The van der Waals surface area contributed by atoms with Gasteiger partial charge in [-0.25, -0.2) is 0 Å². The molecule has 1 unspecified atom stereocenters. The highest BCUT2D eigenvalue weighted by Crippen LogP contribution is 2.29. The standard InChI is InChI=1S/C15H11ClIN3O/c16-10-6-7-12(17)11(8-10)14-19-20-15(21-14)13(18)9-4-2-1-3-5-9/h1-8,13H,18H2. The van der Waals surface area contributed by atoms with Gasteiger partial charge in [-0.2, -0.15) is 0 Å². The molecule has 6 heteroatoms. The van der Waals surface area contributed by atoms with E-state index >= 15 is 0 Å². The Bertz CT molecular complexity index is 761. The second-order valence-electron chi connectivity index (χ2n) is 4.46. The van der Waals surface area contributed by atoms with E-state index < -0.39 is 6.04 Å². The van der Waals surface area contributed by atoms with Crippen molar-refractivity contribution < 1.29 is 4.42 Å². The summed E-state index contributed by atoms with van der Waals surface area (Å²) in [5.74, 6) is 0.801. The molecule has 0 aliphatic heterocycles. The molecule has 1 aromatic heterocycles. The minimum Gasteiger partial charge on any atom is -0.419 e. The van der Waals surface area contributed by atoms with Gasteiger partial charge in [-0.15, -0.1) is 10.2 Å². The van der Waals surface area contributed by atoms with E-state index in [2.05, 4.69) is 32.8 Å². The normalized spacial score (nSPS) is 12.3. The van der Waals surface area contributed by atoms with Crippen LogP contribution in [0.3, 0.4) is 0 Å². The first-order chi connectivity index (χ1) is 10.1. The van der Waals surface area contributed by atoms with E-state index in [1.54, 1.807) is 6.07 Å². The lowest BCUT2D eigenvalue weighted by Gasteiger charge is -2.06. The van der Waals surface area contributed by atoms with E-state index in [1.807, 2.05) is 42.5 Å². The average molecular weight is 412 g/mol. The Kier molecular flexibility index (Phi) is 4.23. The summed E-state index contributed by atoms with van der Waals surface area (Å²) < 4.78 is 6.70. The Balaban J connectivity index is 1.95. The predicted octanol–water partition coefficient (Wildman–Crippen LogP) is 4.04. The molecule has 0 spiro atoms. The molecule has 1 atom stereocenters. The highest BCUT2D eigenvalue weighted by Gasteiger charge is 2.18. The smallest absolute Gasteiger partial charge is 0.248 e. The third-order valence-corrected chi connectivity index (χ3v) is 4.20. The van der Waals surface area contributed by atoms with E-state index in [1.165, 1.54) is 0 Å². The Hall–Kier alpha value is -1.44. The molecule has 106 valence electrons. The SMILES string of the molecule is NC(c1ccccc1)c1nnc(-c2cc(Cl)ccc2I)o1. The van der Waals surface area contributed by atoms with Crippen LogP contribution in [-0.2, 0) is 0 Å². The second-order valence-corrected chi connectivity index (χ2v) is 6.06. The minimum atomic E-state index is -0.440. The number of nitrogens with two attached hydrogens (primary N) is 1. The van der Waals surface area contributed by atoms with Crippen LogP contribution in [0, 0.1) is 3.57 Å². The third kappa shape index (κ3) is 3.09. The number of hydrogen-bond donors (Lipinski definition) is 1. The summed E-state index contributed by atoms with van der Waals surface area (Å²) in [5.41, 5.74) is 7.88. The van der Waals surface area contributed by atoms with E-state index in [9.17, 15) is 0 Å². The van der Waals surface area contributed by atoms with Gasteiger partial charge in [0.15, 0.2) is 0 Å². The van der Waals surface area contributed by atoms with Gasteiger partial charge in [-0.05, 0) is 46.4 Å². The van der Waals surface area contributed by atoms with Crippen LogP contribution in [0.15, 0.2) is 52.9 Å². The number of rotatable bonds is 3. The fourth-order valence-electron chi connectivity index (χ4n) is 1.93. The Labute approximate surface area is 140 Å². The van der Waals surface area contributed by atoms with Crippen LogP contribution in [0.2, 0.25) is 5.02 Å². The molecule has 0 radical (unpaired) electrons. The van der Waals surface area contributed by atoms with Gasteiger partial charge in [0.25, 0.3) is 0 Å². The number of nitrogens with zero attached hydrogens (tertiary/aromatic N) is 2. The molecule has 0 bridgehead atoms. The van der Waals surface area contributed by atoms with Crippen molar-refractivity contribution in [2.24, 2.45) is 5.73 Å². The molecule has 3 aromatic rings. The molecule has 4 nitrogen and oxygen atoms in total. The molecular weight excluding hydrogens is 401 g/mol. The average Bonchev–Trinajstić information content (AvgIpc) is 2.99. The van der Waals surface area contributed by atoms with Gasteiger partial charge in [0.05, 0.1) is 5.56 Å². The van der Waals surface area contributed by atoms with Crippen molar-refractivity contribution in [3.63, 3.8) is 0 Å². The summed E-state index contributed by atoms with van der Waals surface area (Å²) in [4.78, 5) is 0. The molecule has 3 rings (SSSR count). The topological polar surface area (TPSA) is 64.9 Å². The number of halogens is 2. The second kappa shape index (κ2) is 6.13. The summed E-state index contributed by atoms with van der Waals surface area (Å²) in [5, 5.41) is 8.75. The van der Waals surface area contributed by atoms with Gasteiger partial charge in [0.1, 0.15) is 6.04 Å². The van der Waals surface area contributed by atoms with Crippen molar-refractivity contribution in [2.75, 3.05) is 0 Å². The highest BCUT2D eigenvalue weighted by molar-refractivity contribution is 14.1. The molecule has 0 aliphatic rings. The van der Waals surface area contributed by atoms with Crippen molar-refractivity contribution >= 4 is 34.2 Å². The van der Waals surface area contributed by atoms with Gasteiger partial charge >= 0.3 is 0 Å². The summed E-state index contributed by atoms with van der Waals surface area (Å²) in [6, 6.07) is 14.7. The fraction of sp³-hybridized carbons (Fsp3) is 0.0667. The van der Waals surface area contributed by atoms with E-state index in [0.29, 0.717) is 16.8 Å². The molecule has 21 heavy (non-hydrogen) atoms. The molecule has 1 heterocycles. The third-order valence-electron chi connectivity index (χ3n) is 3.02.